The second-order valence-corrected chi connectivity index (χ2v) is 12.3. The van der Waals surface area contributed by atoms with Crippen LogP contribution in [0.25, 0.3) is 0 Å². The first-order chi connectivity index (χ1) is 24.5. The van der Waals surface area contributed by atoms with Gasteiger partial charge >= 0.3 is 41.8 Å². The van der Waals surface area contributed by atoms with Crippen molar-refractivity contribution in [3.63, 3.8) is 0 Å². The average molecular weight is 749 g/mol. The van der Waals surface area contributed by atoms with Crippen LogP contribution in [-0.2, 0) is 85.7 Å². The number of ether oxygens (including phenoxy) is 11. The maximum Gasteiger partial charge on any atom is 0.303 e. The molecule has 2 heterocycles. The molecule has 0 aromatic heterocycles. The maximum atomic E-state index is 12.5. The highest BCUT2D eigenvalue weighted by Gasteiger charge is 2.57. The predicted molar refractivity (Wildman–Crippen MR) is 173 cm³/mol. The van der Waals surface area contributed by atoms with E-state index < -0.39 is 116 Å². The quantitative estimate of drug-likeness (QED) is 0.105. The number of hydrogen-bond donors (Lipinski definition) is 0. The molecule has 0 saturated carbocycles. The summed E-state index contributed by atoms with van der Waals surface area (Å²) in [5, 5.41) is 0. The molecule has 2 saturated heterocycles. The fraction of sp³-hybridized carbons (Fsp3) is 0.794. The largest absolute Gasteiger partial charge is 0.463 e. The predicted octanol–water partition coefficient (Wildman–Crippen LogP) is 1.98. The van der Waals surface area contributed by atoms with Crippen LogP contribution in [0.1, 0.15) is 93.9 Å². The van der Waals surface area contributed by atoms with Gasteiger partial charge in [-0.2, -0.15) is 0 Å². The van der Waals surface area contributed by atoms with Gasteiger partial charge in [0.15, 0.2) is 43.1 Å². The SMILES string of the molecule is CCCCCCCCO[C@@H]1O[C@H](COC(C)=O)[C@@H](O[C@@H]2O[C@H](COC(C)=O)[C@H](OC(C)=O)[C@H](OC(C)=O)[C@H]2OC(C)=O)[C@H](OC(C)=O)[C@H]1OC(C)=O. The van der Waals surface area contributed by atoms with Crippen LogP contribution in [-0.4, -0.2) is 123 Å². The lowest BCUT2D eigenvalue weighted by Crippen LogP contribution is -2.67. The summed E-state index contributed by atoms with van der Waals surface area (Å²) in [6.07, 6.45) is -9.29. The highest BCUT2D eigenvalue weighted by molar-refractivity contribution is 5.69. The van der Waals surface area contributed by atoms with Gasteiger partial charge in [-0.05, 0) is 6.42 Å². The Hall–Kier alpha value is -3.87. The molecule has 296 valence electrons. The van der Waals surface area contributed by atoms with Crippen LogP contribution in [0.5, 0.6) is 0 Å². The normalized spacial score (nSPS) is 28.5. The van der Waals surface area contributed by atoms with Gasteiger partial charge in [0.25, 0.3) is 0 Å². The summed E-state index contributed by atoms with van der Waals surface area (Å²) >= 11 is 0. The van der Waals surface area contributed by atoms with Gasteiger partial charge in [-0.3, -0.25) is 33.6 Å². The first kappa shape index (κ1) is 44.3. The molecule has 10 atom stereocenters. The van der Waals surface area contributed by atoms with E-state index in [9.17, 15) is 33.6 Å². The van der Waals surface area contributed by atoms with Gasteiger partial charge in [0, 0.05) is 55.1 Å². The van der Waals surface area contributed by atoms with E-state index >= 15 is 0 Å². The Morgan fingerprint density at radius 3 is 1.31 bits per heavy atom. The summed E-state index contributed by atoms with van der Waals surface area (Å²) in [6, 6.07) is 0. The van der Waals surface area contributed by atoms with Gasteiger partial charge in [0.2, 0.25) is 0 Å². The maximum absolute atomic E-state index is 12.5. The molecule has 2 aliphatic heterocycles. The fourth-order valence-electron chi connectivity index (χ4n) is 5.69. The van der Waals surface area contributed by atoms with Crippen molar-refractivity contribution < 1.29 is 85.7 Å². The second kappa shape index (κ2) is 22.3. The summed E-state index contributed by atoms with van der Waals surface area (Å²) in [4.78, 5) is 85.5. The van der Waals surface area contributed by atoms with Crippen LogP contribution in [0.2, 0.25) is 0 Å². The minimum Gasteiger partial charge on any atom is -0.463 e. The molecular weight excluding hydrogens is 696 g/mol. The van der Waals surface area contributed by atoms with Crippen LogP contribution in [0.3, 0.4) is 0 Å². The van der Waals surface area contributed by atoms with E-state index in [-0.39, 0.29) is 6.61 Å². The zero-order chi connectivity index (χ0) is 39.0. The number of carbonyl (C=O) groups excluding carboxylic acids is 7. The molecule has 0 spiro atoms. The van der Waals surface area contributed by atoms with Gasteiger partial charge < -0.3 is 52.1 Å². The molecule has 52 heavy (non-hydrogen) atoms. The van der Waals surface area contributed by atoms with E-state index in [1.54, 1.807) is 0 Å². The molecule has 0 amide bonds. The summed E-state index contributed by atoms with van der Waals surface area (Å²) in [5.41, 5.74) is 0. The van der Waals surface area contributed by atoms with E-state index in [0.29, 0.717) is 6.42 Å². The minimum atomic E-state index is -1.76. The summed E-state index contributed by atoms with van der Waals surface area (Å²) in [5.74, 6) is -5.67. The number of rotatable bonds is 19. The monoisotopic (exact) mass is 748 g/mol. The average Bonchev–Trinajstić information content (AvgIpc) is 3.02. The molecule has 2 rings (SSSR count). The highest BCUT2D eigenvalue weighted by Crippen LogP contribution is 2.35. The Morgan fingerprint density at radius 1 is 0.442 bits per heavy atom. The van der Waals surface area contributed by atoms with Crippen molar-refractivity contribution in [2.45, 2.75) is 155 Å². The van der Waals surface area contributed by atoms with Crippen LogP contribution >= 0.6 is 0 Å². The van der Waals surface area contributed by atoms with E-state index in [2.05, 4.69) is 6.92 Å². The van der Waals surface area contributed by atoms with Crippen LogP contribution in [0.4, 0.5) is 0 Å². The number of carbonyl (C=O) groups is 7. The second-order valence-electron chi connectivity index (χ2n) is 12.3. The first-order valence-corrected chi connectivity index (χ1v) is 17.2. The van der Waals surface area contributed by atoms with Gasteiger partial charge in [-0.15, -0.1) is 0 Å². The fourth-order valence-corrected chi connectivity index (χ4v) is 5.69. The van der Waals surface area contributed by atoms with Gasteiger partial charge in [0.05, 0.1) is 0 Å². The Bertz CT molecular complexity index is 1220. The molecule has 0 aromatic rings. The zero-order valence-corrected chi connectivity index (χ0v) is 31.0. The summed E-state index contributed by atoms with van der Waals surface area (Å²) in [6.45, 7) is 8.89. The lowest BCUT2D eigenvalue weighted by Gasteiger charge is -2.48. The third-order valence-electron chi connectivity index (χ3n) is 7.67. The van der Waals surface area contributed by atoms with Crippen molar-refractivity contribution in [2.24, 2.45) is 0 Å². The molecule has 0 aromatic carbocycles. The van der Waals surface area contributed by atoms with Crippen molar-refractivity contribution in [2.75, 3.05) is 19.8 Å². The molecule has 18 heteroatoms. The molecule has 0 radical (unpaired) electrons. The molecule has 18 nitrogen and oxygen atoms in total. The van der Waals surface area contributed by atoms with Crippen LogP contribution in [0, 0.1) is 0 Å². The van der Waals surface area contributed by atoms with Gasteiger partial charge in [-0.1, -0.05) is 39.0 Å². The van der Waals surface area contributed by atoms with Gasteiger partial charge in [0.1, 0.15) is 31.5 Å². The summed E-state index contributed by atoms with van der Waals surface area (Å²) in [7, 11) is 0. The molecule has 2 aliphatic rings. The molecule has 2 fully saturated rings. The van der Waals surface area contributed by atoms with E-state index in [0.717, 1.165) is 80.6 Å². The van der Waals surface area contributed by atoms with Crippen molar-refractivity contribution >= 4 is 41.8 Å². The number of unbranched alkanes of at least 4 members (excludes halogenated alkanes) is 5. The third-order valence-corrected chi connectivity index (χ3v) is 7.67. The molecule has 0 aliphatic carbocycles. The zero-order valence-electron chi connectivity index (χ0n) is 31.0. The summed E-state index contributed by atoms with van der Waals surface area (Å²) < 4.78 is 62.6. The molecule has 0 unspecified atom stereocenters. The van der Waals surface area contributed by atoms with Crippen LogP contribution in [0.15, 0.2) is 0 Å². The Kier molecular flexibility index (Phi) is 19.0. The standard InChI is InChI=1S/C34H52O18/c1-9-10-11-12-13-14-15-42-33-31(48-23(7)40)30(47-22(6)39)28(26(50-33)17-44-19(3)36)52-34-32(49-24(8)41)29(46-21(5)38)27(45-20(4)37)25(51-34)16-43-18(2)35/h25-34H,9-17H2,1-8H3/t25-,26-,27+,28-,29+,30+,31-,32-,33-,34+/m1/s1. The molecule has 0 N–H and O–H groups in total. The first-order valence-electron chi connectivity index (χ1n) is 17.2. The Labute approximate surface area is 302 Å². The van der Waals surface area contributed by atoms with E-state index in [4.69, 9.17) is 52.1 Å². The topological polar surface area (TPSA) is 221 Å². The smallest absolute Gasteiger partial charge is 0.303 e. The van der Waals surface area contributed by atoms with E-state index in [1.165, 1.54) is 0 Å². The molecule has 0 bridgehead atoms. The number of hydrogen-bond acceptors (Lipinski definition) is 18. The number of esters is 7. The lowest BCUT2D eigenvalue weighted by molar-refractivity contribution is -0.361. The third kappa shape index (κ3) is 15.0. The van der Waals surface area contributed by atoms with Crippen molar-refractivity contribution in [3.8, 4) is 0 Å². The highest BCUT2D eigenvalue weighted by atomic mass is 16.8. The van der Waals surface area contributed by atoms with E-state index in [1.807, 2.05) is 0 Å². The van der Waals surface area contributed by atoms with Crippen LogP contribution < -0.4 is 0 Å². The Morgan fingerprint density at radius 2 is 0.827 bits per heavy atom. The lowest BCUT2D eigenvalue weighted by atomic mass is 9.96. The molecular formula is C34H52O18. The van der Waals surface area contributed by atoms with Crippen molar-refractivity contribution in [3.05, 3.63) is 0 Å². The Balaban J connectivity index is 2.62. The van der Waals surface area contributed by atoms with Gasteiger partial charge in [-0.25, -0.2) is 0 Å². The van der Waals surface area contributed by atoms with Crippen molar-refractivity contribution in [1.29, 1.82) is 0 Å². The minimum absolute atomic E-state index is 0.173. The van der Waals surface area contributed by atoms with Crippen molar-refractivity contribution in [1.82, 2.24) is 0 Å².